The number of nitrogens with zero attached hydrogens (tertiary/aromatic N) is 3. The van der Waals surface area contributed by atoms with Crippen molar-refractivity contribution in [3.05, 3.63) is 51.3 Å². The summed E-state index contributed by atoms with van der Waals surface area (Å²) in [5, 5.41) is 18.6. The average molecular weight is 258 g/mol. The molecule has 1 aliphatic rings. The number of aromatic nitrogens is 2. The number of non-ortho nitro benzene ring substituents is 1. The lowest BCUT2D eigenvalue weighted by molar-refractivity contribution is -0.384. The molecule has 3 rings (SSSR count). The minimum Gasteiger partial charge on any atom is -0.312 e. The first-order valence-corrected chi connectivity index (χ1v) is 6.19. The van der Waals surface area contributed by atoms with Crippen LogP contribution in [0.1, 0.15) is 16.8 Å². The van der Waals surface area contributed by atoms with Gasteiger partial charge in [0.05, 0.1) is 16.8 Å². The van der Waals surface area contributed by atoms with Crippen molar-refractivity contribution < 1.29 is 4.92 Å². The number of nitro groups is 1. The lowest BCUT2D eigenvalue weighted by Gasteiger charge is -2.16. The van der Waals surface area contributed by atoms with Crippen molar-refractivity contribution in [2.75, 3.05) is 6.54 Å². The van der Waals surface area contributed by atoms with Crippen LogP contribution >= 0.6 is 0 Å². The summed E-state index contributed by atoms with van der Waals surface area (Å²) in [6.45, 7) is 3.66. The van der Waals surface area contributed by atoms with E-state index in [1.54, 1.807) is 12.1 Å². The predicted molar refractivity (Wildman–Crippen MR) is 70.4 cm³/mol. The molecule has 0 unspecified atom stereocenters. The summed E-state index contributed by atoms with van der Waals surface area (Å²) in [6, 6.07) is 4.88. The van der Waals surface area contributed by atoms with Gasteiger partial charge < -0.3 is 5.32 Å². The van der Waals surface area contributed by atoms with Gasteiger partial charge in [0.2, 0.25) is 0 Å². The molecular formula is C13H14N4O2. The molecule has 1 aliphatic heterocycles. The van der Waals surface area contributed by atoms with E-state index in [1.165, 1.54) is 6.07 Å². The van der Waals surface area contributed by atoms with Gasteiger partial charge in [0.15, 0.2) is 0 Å². The molecular weight excluding hydrogens is 244 g/mol. The van der Waals surface area contributed by atoms with E-state index >= 15 is 0 Å². The minimum atomic E-state index is -0.375. The van der Waals surface area contributed by atoms with Crippen molar-refractivity contribution in [1.82, 2.24) is 15.1 Å². The van der Waals surface area contributed by atoms with E-state index in [0.717, 1.165) is 42.0 Å². The quantitative estimate of drug-likeness (QED) is 0.657. The number of hydrogen-bond donors (Lipinski definition) is 1. The molecule has 6 heteroatoms. The van der Waals surface area contributed by atoms with Crippen LogP contribution in [0.25, 0.3) is 5.69 Å². The van der Waals surface area contributed by atoms with Crippen molar-refractivity contribution in [2.45, 2.75) is 19.9 Å². The number of fused-ring (bicyclic) bond motifs is 1. The highest BCUT2D eigenvalue weighted by molar-refractivity contribution is 5.49. The molecule has 1 N–H and O–H groups in total. The van der Waals surface area contributed by atoms with E-state index in [4.69, 9.17) is 0 Å². The third kappa shape index (κ3) is 2.00. The molecule has 1 aromatic carbocycles. The Hall–Kier alpha value is -2.21. The molecule has 6 nitrogen and oxygen atoms in total. The molecule has 98 valence electrons. The molecule has 19 heavy (non-hydrogen) atoms. The number of nitro benzene ring substituents is 1. The van der Waals surface area contributed by atoms with Gasteiger partial charge in [-0.1, -0.05) is 6.07 Å². The van der Waals surface area contributed by atoms with Gasteiger partial charge in [0, 0.05) is 42.9 Å². The van der Waals surface area contributed by atoms with Crippen molar-refractivity contribution >= 4 is 5.69 Å². The van der Waals surface area contributed by atoms with Crippen LogP contribution in [0.2, 0.25) is 0 Å². The molecule has 0 saturated carbocycles. The lowest BCUT2D eigenvalue weighted by atomic mass is 10.1. The van der Waals surface area contributed by atoms with Crippen LogP contribution in [0, 0.1) is 17.0 Å². The summed E-state index contributed by atoms with van der Waals surface area (Å²) in [4.78, 5) is 10.5. The molecule has 0 radical (unpaired) electrons. The standard InChI is InChI=1S/C13H14N4O2/c1-9-2-3-11(17(18)19)6-13(9)16-12-4-5-14-7-10(12)8-15-16/h2-3,6,8,14H,4-5,7H2,1H3. The van der Waals surface area contributed by atoms with Gasteiger partial charge >= 0.3 is 0 Å². The highest BCUT2D eigenvalue weighted by atomic mass is 16.6. The Bertz CT molecular complexity index is 648. The van der Waals surface area contributed by atoms with Gasteiger partial charge in [-0.25, -0.2) is 4.68 Å². The van der Waals surface area contributed by atoms with Crippen LogP contribution in [-0.4, -0.2) is 21.2 Å². The molecule has 0 fully saturated rings. The SMILES string of the molecule is Cc1ccc([N+](=O)[O-])cc1-n1ncc2c1CCNC2. The fourth-order valence-corrected chi connectivity index (χ4v) is 2.40. The monoisotopic (exact) mass is 258 g/mol. The summed E-state index contributed by atoms with van der Waals surface area (Å²) in [5.41, 5.74) is 4.17. The van der Waals surface area contributed by atoms with Gasteiger partial charge in [0.25, 0.3) is 5.69 Å². The summed E-state index contributed by atoms with van der Waals surface area (Å²) in [5.74, 6) is 0. The Kier molecular flexibility index (Phi) is 2.79. The first kappa shape index (κ1) is 11.9. The zero-order chi connectivity index (χ0) is 13.4. The summed E-state index contributed by atoms with van der Waals surface area (Å²) in [7, 11) is 0. The summed E-state index contributed by atoms with van der Waals surface area (Å²) in [6.07, 6.45) is 2.72. The average Bonchev–Trinajstić information content (AvgIpc) is 2.83. The van der Waals surface area contributed by atoms with Gasteiger partial charge in [0.1, 0.15) is 0 Å². The summed E-state index contributed by atoms with van der Waals surface area (Å²) >= 11 is 0. The lowest BCUT2D eigenvalue weighted by Crippen LogP contribution is -2.24. The van der Waals surface area contributed by atoms with Crippen molar-refractivity contribution in [2.24, 2.45) is 0 Å². The highest BCUT2D eigenvalue weighted by Gasteiger charge is 2.18. The number of nitrogens with one attached hydrogen (secondary N) is 1. The van der Waals surface area contributed by atoms with E-state index in [0.29, 0.717) is 0 Å². The van der Waals surface area contributed by atoms with Gasteiger partial charge in [-0.15, -0.1) is 0 Å². The van der Waals surface area contributed by atoms with Crippen molar-refractivity contribution in [1.29, 1.82) is 0 Å². The third-order valence-corrected chi connectivity index (χ3v) is 3.44. The zero-order valence-corrected chi connectivity index (χ0v) is 10.6. The Morgan fingerprint density at radius 3 is 3.11 bits per heavy atom. The number of aryl methyl sites for hydroxylation is 1. The topological polar surface area (TPSA) is 73.0 Å². The molecule has 1 aromatic heterocycles. The van der Waals surface area contributed by atoms with Gasteiger partial charge in [-0.3, -0.25) is 10.1 Å². The highest BCUT2D eigenvalue weighted by Crippen LogP contribution is 2.24. The first-order valence-electron chi connectivity index (χ1n) is 6.19. The molecule has 0 aliphatic carbocycles. The van der Waals surface area contributed by atoms with Gasteiger partial charge in [-0.2, -0.15) is 5.10 Å². The predicted octanol–water partition coefficient (Wildman–Crippen LogP) is 1.73. The van der Waals surface area contributed by atoms with Gasteiger partial charge in [-0.05, 0) is 12.5 Å². The second-order valence-electron chi connectivity index (χ2n) is 4.68. The molecule has 0 amide bonds. The Balaban J connectivity index is 2.13. The Labute approximate surface area is 110 Å². The molecule has 0 atom stereocenters. The Morgan fingerprint density at radius 2 is 2.32 bits per heavy atom. The second kappa shape index (κ2) is 4.47. The number of hydrogen-bond acceptors (Lipinski definition) is 4. The third-order valence-electron chi connectivity index (χ3n) is 3.44. The van der Waals surface area contributed by atoms with Crippen LogP contribution in [0.4, 0.5) is 5.69 Å². The second-order valence-corrected chi connectivity index (χ2v) is 4.68. The van der Waals surface area contributed by atoms with E-state index < -0.39 is 0 Å². The largest absolute Gasteiger partial charge is 0.312 e. The zero-order valence-electron chi connectivity index (χ0n) is 10.6. The van der Waals surface area contributed by atoms with E-state index in [9.17, 15) is 10.1 Å². The van der Waals surface area contributed by atoms with Crippen LogP contribution in [0.5, 0.6) is 0 Å². The minimum absolute atomic E-state index is 0.0961. The van der Waals surface area contributed by atoms with E-state index in [2.05, 4.69) is 10.4 Å². The van der Waals surface area contributed by atoms with E-state index in [-0.39, 0.29) is 10.6 Å². The van der Waals surface area contributed by atoms with Crippen molar-refractivity contribution in [3.8, 4) is 5.69 Å². The van der Waals surface area contributed by atoms with Crippen LogP contribution in [0.3, 0.4) is 0 Å². The molecule has 2 heterocycles. The molecule has 0 saturated heterocycles. The smallest absolute Gasteiger partial charge is 0.271 e. The van der Waals surface area contributed by atoms with Crippen LogP contribution in [-0.2, 0) is 13.0 Å². The van der Waals surface area contributed by atoms with Crippen LogP contribution in [0.15, 0.2) is 24.4 Å². The van der Waals surface area contributed by atoms with Crippen LogP contribution < -0.4 is 5.32 Å². The summed E-state index contributed by atoms with van der Waals surface area (Å²) < 4.78 is 1.83. The normalized spacial score (nSPS) is 14.2. The number of rotatable bonds is 2. The number of benzene rings is 1. The van der Waals surface area contributed by atoms with Crippen molar-refractivity contribution in [3.63, 3.8) is 0 Å². The maximum absolute atomic E-state index is 10.9. The first-order chi connectivity index (χ1) is 9.16. The Morgan fingerprint density at radius 1 is 1.47 bits per heavy atom. The van der Waals surface area contributed by atoms with E-state index in [1.807, 2.05) is 17.8 Å². The maximum atomic E-state index is 10.9. The fourth-order valence-electron chi connectivity index (χ4n) is 2.40. The fraction of sp³-hybridized carbons (Fsp3) is 0.308. The molecule has 0 spiro atoms. The molecule has 0 bridgehead atoms. The maximum Gasteiger partial charge on any atom is 0.271 e. The molecule has 2 aromatic rings.